The lowest BCUT2D eigenvalue weighted by Gasteiger charge is -2.21. The van der Waals surface area contributed by atoms with Gasteiger partial charge in [0.15, 0.2) is 0 Å². The number of hydrogen-bond donors (Lipinski definition) is 1. The summed E-state index contributed by atoms with van der Waals surface area (Å²) in [6.45, 7) is 0.796. The number of hydrogen-bond acceptors (Lipinski definition) is 2. The summed E-state index contributed by atoms with van der Waals surface area (Å²) in [6.07, 6.45) is 9.28. The molecule has 1 fully saturated rings. The number of carboxylic acid groups (broad SMARTS) is 1. The van der Waals surface area contributed by atoms with Crippen LogP contribution in [0.4, 0.5) is 0 Å². The van der Waals surface area contributed by atoms with Gasteiger partial charge in [-0.25, -0.2) is 4.79 Å². The van der Waals surface area contributed by atoms with Crippen molar-refractivity contribution in [2.75, 3.05) is 6.61 Å². The number of carboxylic acids is 1. The Hall–Kier alpha value is -1.77. The van der Waals surface area contributed by atoms with Gasteiger partial charge in [0.2, 0.25) is 0 Å². The van der Waals surface area contributed by atoms with E-state index < -0.39 is 5.97 Å². The Kier molecular flexibility index (Phi) is 5.01. The molecule has 0 spiro atoms. The molecule has 1 aliphatic rings. The van der Waals surface area contributed by atoms with Gasteiger partial charge in [-0.15, -0.1) is 0 Å². The Morgan fingerprint density at radius 2 is 1.89 bits per heavy atom. The van der Waals surface area contributed by atoms with Crippen molar-refractivity contribution in [3.8, 4) is 5.75 Å². The zero-order chi connectivity index (χ0) is 13.5. The highest BCUT2D eigenvalue weighted by Crippen LogP contribution is 2.24. The Bertz CT molecular complexity index is 428. The van der Waals surface area contributed by atoms with E-state index in [1.807, 2.05) is 24.3 Å². The minimum Gasteiger partial charge on any atom is -0.493 e. The van der Waals surface area contributed by atoms with Crippen LogP contribution in [0.3, 0.4) is 0 Å². The summed E-state index contributed by atoms with van der Waals surface area (Å²) >= 11 is 0. The molecule has 0 saturated heterocycles. The zero-order valence-corrected chi connectivity index (χ0v) is 11.0. The van der Waals surface area contributed by atoms with Gasteiger partial charge >= 0.3 is 5.97 Å². The molecule has 0 aliphatic heterocycles. The summed E-state index contributed by atoms with van der Waals surface area (Å²) in [7, 11) is 0. The lowest BCUT2D eigenvalue weighted by Crippen LogP contribution is -2.15. The molecule has 3 heteroatoms. The van der Waals surface area contributed by atoms with Gasteiger partial charge in [0.05, 0.1) is 6.61 Å². The molecule has 1 N–H and O–H groups in total. The Morgan fingerprint density at radius 1 is 1.21 bits per heavy atom. The molecule has 1 aromatic carbocycles. The highest BCUT2D eigenvalue weighted by Gasteiger charge is 2.13. The molecule has 0 heterocycles. The third kappa shape index (κ3) is 4.78. The second kappa shape index (κ2) is 6.98. The molecule has 2 rings (SSSR count). The third-order valence-corrected chi connectivity index (χ3v) is 3.51. The predicted molar refractivity (Wildman–Crippen MR) is 75.2 cm³/mol. The van der Waals surface area contributed by atoms with Crippen molar-refractivity contribution in [1.82, 2.24) is 0 Å². The Balaban J connectivity index is 1.82. The first-order valence-electron chi connectivity index (χ1n) is 6.88. The Labute approximate surface area is 113 Å². The van der Waals surface area contributed by atoms with Crippen LogP contribution in [-0.4, -0.2) is 17.7 Å². The van der Waals surface area contributed by atoms with Gasteiger partial charge in [-0.05, 0) is 42.5 Å². The van der Waals surface area contributed by atoms with Crippen LogP contribution in [0.1, 0.15) is 37.7 Å². The van der Waals surface area contributed by atoms with Gasteiger partial charge in [-0.2, -0.15) is 0 Å². The molecule has 1 saturated carbocycles. The van der Waals surface area contributed by atoms with Gasteiger partial charge in [-0.3, -0.25) is 0 Å². The lowest BCUT2D eigenvalue weighted by atomic mass is 9.90. The fourth-order valence-corrected chi connectivity index (χ4v) is 2.41. The van der Waals surface area contributed by atoms with Crippen LogP contribution in [-0.2, 0) is 4.79 Å². The van der Waals surface area contributed by atoms with Crippen molar-refractivity contribution in [2.45, 2.75) is 32.1 Å². The van der Waals surface area contributed by atoms with E-state index in [9.17, 15) is 4.79 Å². The highest BCUT2D eigenvalue weighted by molar-refractivity contribution is 5.85. The molecular weight excluding hydrogens is 240 g/mol. The quantitative estimate of drug-likeness (QED) is 0.820. The molecule has 0 aromatic heterocycles. The highest BCUT2D eigenvalue weighted by atomic mass is 16.5. The van der Waals surface area contributed by atoms with E-state index in [1.165, 1.54) is 32.1 Å². The fraction of sp³-hybridized carbons (Fsp3) is 0.438. The lowest BCUT2D eigenvalue weighted by molar-refractivity contribution is -0.131. The summed E-state index contributed by atoms with van der Waals surface area (Å²) in [5, 5.41) is 8.55. The number of ether oxygens (including phenoxy) is 1. The number of aliphatic carboxylic acids is 1. The van der Waals surface area contributed by atoms with E-state index in [0.29, 0.717) is 5.92 Å². The minimum atomic E-state index is -0.933. The van der Waals surface area contributed by atoms with Crippen molar-refractivity contribution in [2.24, 2.45) is 5.92 Å². The van der Waals surface area contributed by atoms with Crippen LogP contribution < -0.4 is 4.74 Å². The first-order chi connectivity index (χ1) is 9.24. The number of rotatable bonds is 5. The second-order valence-electron chi connectivity index (χ2n) is 5.06. The van der Waals surface area contributed by atoms with Crippen LogP contribution in [0, 0.1) is 5.92 Å². The molecule has 1 aliphatic carbocycles. The minimum absolute atomic E-state index is 0.695. The first-order valence-corrected chi connectivity index (χ1v) is 6.88. The third-order valence-electron chi connectivity index (χ3n) is 3.51. The van der Waals surface area contributed by atoms with E-state index in [2.05, 4.69) is 0 Å². The summed E-state index contributed by atoms with van der Waals surface area (Å²) in [5.41, 5.74) is 0.868. The molecule has 0 amide bonds. The standard InChI is InChI=1S/C16H20O3/c17-16(18)11-8-13-6-9-15(10-7-13)19-12-14-4-2-1-3-5-14/h6-11,14H,1-5,12H2,(H,17,18). The largest absolute Gasteiger partial charge is 0.493 e. The molecule has 0 atom stereocenters. The summed E-state index contributed by atoms with van der Waals surface area (Å²) in [4.78, 5) is 10.4. The molecule has 102 valence electrons. The topological polar surface area (TPSA) is 46.5 Å². The van der Waals surface area contributed by atoms with E-state index in [-0.39, 0.29) is 0 Å². The van der Waals surface area contributed by atoms with E-state index in [4.69, 9.17) is 9.84 Å². The van der Waals surface area contributed by atoms with Crippen molar-refractivity contribution < 1.29 is 14.6 Å². The summed E-state index contributed by atoms with van der Waals surface area (Å²) < 4.78 is 5.79. The number of benzene rings is 1. The van der Waals surface area contributed by atoms with Gasteiger partial charge in [-0.1, -0.05) is 31.4 Å². The molecule has 3 nitrogen and oxygen atoms in total. The van der Waals surface area contributed by atoms with E-state index >= 15 is 0 Å². The monoisotopic (exact) mass is 260 g/mol. The average Bonchev–Trinajstić information content (AvgIpc) is 2.45. The van der Waals surface area contributed by atoms with Crippen LogP contribution in [0.5, 0.6) is 5.75 Å². The molecule has 0 bridgehead atoms. The van der Waals surface area contributed by atoms with Crippen molar-refractivity contribution >= 4 is 12.0 Å². The van der Waals surface area contributed by atoms with Gasteiger partial charge in [0.25, 0.3) is 0 Å². The van der Waals surface area contributed by atoms with Gasteiger partial charge < -0.3 is 9.84 Å². The summed E-state index contributed by atoms with van der Waals surface area (Å²) in [5.74, 6) is 0.621. The summed E-state index contributed by atoms with van der Waals surface area (Å²) in [6, 6.07) is 7.53. The smallest absolute Gasteiger partial charge is 0.328 e. The van der Waals surface area contributed by atoms with Crippen molar-refractivity contribution in [3.63, 3.8) is 0 Å². The molecular formula is C16H20O3. The molecule has 0 unspecified atom stereocenters. The fourth-order valence-electron chi connectivity index (χ4n) is 2.41. The predicted octanol–water partition coefficient (Wildman–Crippen LogP) is 3.74. The normalized spacial score (nSPS) is 16.6. The zero-order valence-electron chi connectivity index (χ0n) is 11.0. The SMILES string of the molecule is O=C(O)C=Cc1ccc(OCC2CCCCC2)cc1. The molecule has 19 heavy (non-hydrogen) atoms. The number of carbonyl (C=O) groups is 1. The molecule has 0 radical (unpaired) electrons. The van der Waals surface area contributed by atoms with Crippen LogP contribution in [0.2, 0.25) is 0 Å². The van der Waals surface area contributed by atoms with Crippen molar-refractivity contribution in [3.05, 3.63) is 35.9 Å². The first kappa shape index (κ1) is 13.7. The molecule has 1 aromatic rings. The maximum absolute atomic E-state index is 10.4. The van der Waals surface area contributed by atoms with Crippen LogP contribution in [0.15, 0.2) is 30.3 Å². The van der Waals surface area contributed by atoms with Gasteiger partial charge in [0, 0.05) is 6.08 Å². The van der Waals surface area contributed by atoms with Crippen LogP contribution >= 0.6 is 0 Å². The van der Waals surface area contributed by atoms with E-state index in [0.717, 1.165) is 24.0 Å². The maximum atomic E-state index is 10.4. The van der Waals surface area contributed by atoms with Crippen molar-refractivity contribution in [1.29, 1.82) is 0 Å². The Morgan fingerprint density at radius 3 is 2.53 bits per heavy atom. The van der Waals surface area contributed by atoms with Gasteiger partial charge in [0.1, 0.15) is 5.75 Å². The maximum Gasteiger partial charge on any atom is 0.328 e. The van der Waals surface area contributed by atoms with Crippen LogP contribution in [0.25, 0.3) is 6.08 Å². The average molecular weight is 260 g/mol. The second-order valence-corrected chi connectivity index (χ2v) is 5.06. The van der Waals surface area contributed by atoms with E-state index in [1.54, 1.807) is 6.08 Å².